The molecule has 33 heavy (non-hydrogen) atoms. The van der Waals surface area contributed by atoms with E-state index in [-0.39, 0.29) is 24.3 Å². The fourth-order valence-corrected chi connectivity index (χ4v) is 3.80. The second-order valence-corrected chi connectivity index (χ2v) is 8.10. The maximum absolute atomic E-state index is 13.1. The Bertz CT molecular complexity index is 1230. The molecule has 1 aliphatic heterocycles. The van der Waals surface area contributed by atoms with Crippen LogP contribution in [0.25, 0.3) is 10.9 Å². The van der Waals surface area contributed by atoms with Gasteiger partial charge in [0.05, 0.1) is 17.2 Å². The SMILES string of the molecule is CCn1cc(C(=O)N[C@@H](C)C(=O)N[C@@H](C)CCc2ccco2)c(=O)c2cc3c(cc21)OCO3. The number of fused-ring (bicyclic) bond motifs is 2. The minimum Gasteiger partial charge on any atom is -0.469 e. The van der Waals surface area contributed by atoms with Crippen molar-refractivity contribution in [2.24, 2.45) is 0 Å². The number of furan rings is 1. The summed E-state index contributed by atoms with van der Waals surface area (Å²) in [6, 6.07) is 6.13. The zero-order valence-corrected chi connectivity index (χ0v) is 18.8. The van der Waals surface area contributed by atoms with Crippen LogP contribution in [0.3, 0.4) is 0 Å². The Labute approximate surface area is 190 Å². The number of amides is 2. The lowest BCUT2D eigenvalue weighted by atomic mass is 10.1. The number of aromatic nitrogens is 1. The molecule has 0 spiro atoms. The van der Waals surface area contributed by atoms with Crippen LogP contribution in [0.2, 0.25) is 0 Å². The maximum Gasteiger partial charge on any atom is 0.257 e. The van der Waals surface area contributed by atoms with Crippen molar-refractivity contribution >= 4 is 22.7 Å². The number of carbonyl (C=O) groups excluding carboxylic acids is 2. The fourth-order valence-electron chi connectivity index (χ4n) is 3.80. The van der Waals surface area contributed by atoms with Crippen LogP contribution >= 0.6 is 0 Å². The lowest BCUT2D eigenvalue weighted by molar-refractivity contribution is -0.123. The standard InChI is InChI=1S/C24H27N3O6/c1-4-27-12-18(22(28)17-10-20-21(11-19(17)27)33-13-32-20)24(30)26-15(3)23(29)25-14(2)7-8-16-6-5-9-31-16/h5-6,9-12,14-15H,4,7-8,13H2,1-3H3,(H,25,29)(H,26,30)/t14-,15-/m0/s1. The van der Waals surface area contributed by atoms with Gasteiger partial charge in [-0.25, -0.2) is 0 Å². The Morgan fingerprint density at radius 2 is 1.91 bits per heavy atom. The first kappa shape index (κ1) is 22.4. The molecule has 0 radical (unpaired) electrons. The van der Waals surface area contributed by atoms with E-state index in [1.165, 1.54) is 6.20 Å². The molecule has 1 aromatic carbocycles. The van der Waals surface area contributed by atoms with Crippen LogP contribution in [0, 0.1) is 0 Å². The van der Waals surface area contributed by atoms with Gasteiger partial charge in [0.2, 0.25) is 18.1 Å². The number of benzene rings is 1. The van der Waals surface area contributed by atoms with Crippen LogP contribution in [0.15, 0.2) is 45.9 Å². The molecule has 3 heterocycles. The van der Waals surface area contributed by atoms with E-state index in [1.54, 1.807) is 29.9 Å². The van der Waals surface area contributed by atoms with Crippen molar-refractivity contribution < 1.29 is 23.5 Å². The third kappa shape index (κ3) is 4.72. The largest absolute Gasteiger partial charge is 0.469 e. The summed E-state index contributed by atoms with van der Waals surface area (Å²) in [6.45, 7) is 6.02. The van der Waals surface area contributed by atoms with Crippen LogP contribution in [-0.4, -0.2) is 35.3 Å². The molecule has 4 rings (SSSR count). The Morgan fingerprint density at radius 1 is 1.15 bits per heavy atom. The molecule has 0 saturated carbocycles. The van der Waals surface area contributed by atoms with Crippen molar-refractivity contribution in [1.29, 1.82) is 0 Å². The highest BCUT2D eigenvalue weighted by molar-refractivity contribution is 6.00. The first-order chi connectivity index (χ1) is 15.9. The fraction of sp³-hybridized carbons (Fsp3) is 0.375. The van der Waals surface area contributed by atoms with Crippen molar-refractivity contribution in [3.05, 3.63) is 58.3 Å². The van der Waals surface area contributed by atoms with Gasteiger partial charge in [0.25, 0.3) is 5.91 Å². The number of nitrogens with one attached hydrogen (secondary N) is 2. The average Bonchev–Trinajstić information content (AvgIpc) is 3.48. The van der Waals surface area contributed by atoms with Gasteiger partial charge in [-0.1, -0.05) is 0 Å². The summed E-state index contributed by atoms with van der Waals surface area (Å²) in [5, 5.41) is 5.88. The minimum atomic E-state index is -0.814. The number of pyridine rings is 1. The van der Waals surface area contributed by atoms with E-state index < -0.39 is 17.4 Å². The maximum atomic E-state index is 13.1. The van der Waals surface area contributed by atoms with Crippen molar-refractivity contribution in [1.82, 2.24) is 15.2 Å². The molecule has 0 bridgehead atoms. The van der Waals surface area contributed by atoms with Crippen molar-refractivity contribution in [2.45, 2.75) is 52.2 Å². The summed E-state index contributed by atoms with van der Waals surface area (Å²) in [6.07, 6.45) is 4.52. The predicted octanol–water partition coefficient (Wildman–Crippen LogP) is 2.60. The molecule has 2 amide bonds. The van der Waals surface area contributed by atoms with Gasteiger partial charge in [-0.3, -0.25) is 14.4 Å². The van der Waals surface area contributed by atoms with E-state index >= 15 is 0 Å². The number of hydrogen-bond acceptors (Lipinski definition) is 6. The molecule has 9 heteroatoms. The molecule has 0 fully saturated rings. The summed E-state index contributed by atoms with van der Waals surface area (Å²) in [5.74, 6) is 0.954. The smallest absolute Gasteiger partial charge is 0.257 e. The minimum absolute atomic E-state index is 0.0336. The van der Waals surface area contributed by atoms with Gasteiger partial charge in [-0.05, 0) is 45.4 Å². The van der Waals surface area contributed by atoms with E-state index in [0.717, 1.165) is 5.76 Å². The van der Waals surface area contributed by atoms with Gasteiger partial charge >= 0.3 is 0 Å². The quantitative estimate of drug-likeness (QED) is 0.542. The molecular weight excluding hydrogens is 426 g/mol. The van der Waals surface area contributed by atoms with Crippen molar-refractivity contribution in [3.63, 3.8) is 0 Å². The van der Waals surface area contributed by atoms with Gasteiger partial charge in [-0.15, -0.1) is 0 Å². The summed E-state index contributed by atoms with van der Waals surface area (Å²) in [4.78, 5) is 38.6. The number of ether oxygens (including phenoxy) is 2. The van der Waals surface area contributed by atoms with E-state index in [0.29, 0.717) is 41.8 Å². The predicted molar refractivity (Wildman–Crippen MR) is 122 cm³/mol. The second-order valence-electron chi connectivity index (χ2n) is 8.10. The lowest BCUT2D eigenvalue weighted by Gasteiger charge is -2.19. The Hall–Kier alpha value is -3.75. The molecule has 3 aromatic rings. The van der Waals surface area contributed by atoms with Crippen LogP contribution in [-0.2, 0) is 17.8 Å². The van der Waals surface area contributed by atoms with Crippen molar-refractivity contribution in [2.75, 3.05) is 6.79 Å². The van der Waals surface area contributed by atoms with Gasteiger partial charge in [0.1, 0.15) is 17.4 Å². The Morgan fingerprint density at radius 3 is 2.61 bits per heavy atom. The van der Waals surface area contributed by atoms with Gasteiger partial charge in [0, 0.05) is 31.3 Å². The molecule has 0 saturated heterocycles. The van der Waals surface area contributed by atoms with Crippen molar-refractivity contribution in [3.8, 4) is 11.5 Å². The van der Waals surface area contributed by atoms with E-state index in [2.05, 4.69) is 10.6 Å². The van der Waals surface area contributed by atoms with Gasteiger partial charge < -0.3 is 29.1 Å². The molecule has 0 aliphatic carbocycles. The molecule has 2 N–H and O–H groups in total. The molecule has 9 nitrogen and oxygen atoms in total. The number of aryl methyl sites for hydroxylation is 2. The Kier molecular flexibility index (Phi) is 6.39. The van der Waals surface area contributed by atoms with Crippen LogP contribution < -0.4 is 25.5 Å². The highest BCUT2D eigenvalue weighted by atomic mass is 16.7. The molecular formula is C24H27N3O6. The molecule has 2 aromatic heterocycles. The highest BCUT2D eigenvalue weighted by Gasteiger charge is 2.23. The van der Waals surface area contributed by atoms with E-state index in [9.17, 15) is 14.4 Å². The van der Waals surface area contributed by atoms with Crippen LogP contribution in [0.5, 0.6) is 11.5 Å². The van der Waals surface area contributed by atoms with Crippen LogP contribution in [0.1, 0.15) is 43.3 Å². The monoisotopic (exact) mass is 453 g/mol. The zero-order chi connectivity index (χ0) is 23.5. The van der Waals surface area contributed by atoms with E-state index in [4.69, 9.17) is 13.9 Å². The lowest BCUT2D eigenvalue weighted by Crippen LogP contribution is -2.48. The number of hydrogen-bond donors (Lipinski definition) is 2. The molecule has 1 aliphatic rings. The summed E-state index contributed by atoms with van der Waals surface area (Å²) >= 11 is 0. The first-order valence-corrected chi connectivity index (χ1v) is 11.0. The number of nitrogens with zero attached hydrogens (tertiary/aromatic N) is 1. The zero-order valence-electron chi connectivity index (χ0n) is 18.8. The number of carbonyl (C=O) groups is 2. The first-order valence-electron chi connectivity index (χ1n) is 11.0. The third-order valence-corrected chi connectivity index (χ3v) is 5.69. The Balaban J connectivity index is 1.46. The summed E-state index contributed by atoms with van der Waals surface area (Å²) < 4.78 is 17.9. The van der Waals surface area contributed by atoms with Gasteiger partial charge in [0.15, 0.2) is 11.5 Å². The van der Waals surface area contributed by atoms with Crippen LogP contribution in [0.4, 0.5) is 0 Å². The highest BCUT2D eigenvalue weighted by Crippen LogP contribution is 2.35. The topological polar surface area (TPSA) is 112 Å². The normalized spacial score (nSPS) is 14.2. The van der Waals surface area contributed by atoms with Gasteiger partial charge in [-0.2, -0.15) is 0 Å². The average molecular weight is 453 g/mol. The molecule has 2 atom stereocenters. The molecule has 174 valence electrons. The summed E-state index contributed by atoms with van der Waals surface area (Å²) in [5.41, 5.74) is 0.193. The number of rotatable bonds is 8. The molecule has 0 unspecified atom stereocenters. The third-order valence-electron chi connectivity index (χ3n) is 5.69. The van der Waals surface area contributed by atoms with E-state index in [1.807, 2.05) is 26.0 Å². The second kappa shape index (κ2) is 9.40. The summed E-state index contributed by atoms with van der Waals surface area (Å²) in [7, 11) is 0.